The molecule has 4 nitrogen and oxygen atoms in total. The van der Waals surface area contributed by atoms with Gasteiger partial charge in [0.05, 0.1) is 19.8 Å². The van der Waals surface area contributed by atoms with Crippen LogP contribution in [0.25, 0.3) is 0 Å². The predicted octanol–water partition coefficient (Wildman–Crippen LogP) is 1.50. The van der Waals surface area contributed by atoms with Gasteiger partial charge in [-0.05, 0) is 6.07 Å². The fraction of sp³-hybridized carbons (Fsp3) is 0.500. The summed E-state index contributed by atoms with van der Waals surface area (Å²) in [6.45, 7) is 1.68. The lowest BCUT2D eigenvalue weighted by Gasteiger charge is -2.30. The third-order valence-electron chi connectivity index (χ3n) is 2.68. The van der Waals surface area contributed by atoms with Crippen LogP contribution in [0.15, 0.2) is 24.3 Å². The molecule has 0 radical (unpaired) electrons. The van der Waals surface area contributed by atoms with Crippen LogP contribution in [0, 0.1) is 0 Å². The van der Waals surface area contributed by atoms with Crippen molar-refractivity contribution < 1.29 is 19.3 Å². The maximum absolute atomic E-state index is 9.77. The Bertz CT molecular complexity index is 334. The SMILES string of the molecule is CO[C@H](c1ccccc1O)[C@H]1COCCO1. The van der Waals surface area contributed by atoms with Crippen molar-refractivity contribution in [1.29, 1.82) is 0 Å². The third kappa shape index (κ3) is 2.35. The fourth-order valence-corrected chi connectivity index (χ4v) is 1.89. The van der Waals surface area contributed by atoms with Gasteiger partial charge in [-0.1, -0.05) is 18.2 Å². The quantitative estimate of drug-likeness (QED) is 0.845. The highest BCUT2D eigenvalue weighted by Gasteiger charge is 2.28. The number of hydrogen-bond donors (Lipinski definition) is 1. The summed E-state index contributed by atoms with van der Waals surface area (Å²) in [5.41, 5.74) is 0.737. The molecule has 0 spiro atoms. The van der Waals surface area contributed by atoms with Gasteiger partial charge in [0, 0.05) is 12.7 Å². The molecule has 88 valence electrons. The maximum atomic E-state index is 9.77. The maximum Gasteiger partial charge on any atom is 0.121 e. The molecule has 1 saturated heterocycles. The number of rotatable bonds is 3. The third-order valence-corrected chi connectivity index (χ3v) is 2.68. The van der Waals surface area contributed by atoms with Crippen LogP contribution in [-0.2, 0) is 14.2 Å². The Morgan fingerprint density at radius 3 is 2.81 bits per heavy atom. The van der Waals surface area contributed by atoms with Gasteiger partial charge in [0.1, 0.15) is 18.0 Å². The molecule has 1 aliphatic rings. The van der Waals surface area contributed by atoms with Crippen LogP contribution < -0.4 is 0 Å². The number of hydrogen-bond acceptors (Lipinski definition) is 4. The largest absolute Gasteiger partial charge is 0.508 e. The van der Waals surface area contributed by atoms with Crippen LogP contribution in [0.3, 0.4) is 0 Å². The molecule has 0 bridgehead atoms. The minimum atomic E-state index is -0.290. The smallest absolute Gasteiger partial charge is 0.121 e. The normalized spacial score (nSPS) is 22.9. The van der Waals surface area contributed by atoms with Gasteiger partial charge in [-0.3, -0.25) is 0 Å². The van der Waals surface area contributed by atoms with Crippen LogP contribution in [0.5, 0.6) is 5.75 Å². The topological polar surface area (TPSA) is 47.9 Å². The van der Waals surface area contributed by atoms with Crippen molar-refractivity contribution in [3.8, 4) is 5.75 Å². The standard InChI is InChI=1S/C12H16O4/c1-14-12(11-8-15-6-7-16-11)9-4-2-3-5-10(9)13/h2-5,11-13H,6-8H2,1H3/t11-,12-/m1/s1. The first-order valence-electron chi connectivity index (χ1n) is 5.33. The van der Waals surface area contributed by atoms with Gasteiger partial charge < -0.3 is 19.3 Å². The molecular weight excluding hydrogens is 208 g/mol. The molecule has 16 heavy (non-hydrogen) atoms. The lowest BCUT2D eigenvalue weighted by molar-refractivity contribution is -0.142. The highest BCUT2D eigenvalue weighted by Crippen LogP contribution is 2.30. The van der Waals surface area contributed by atoms with Gasteiger partial charge >= 0.3 is 0 Å². The second-order valence-corrected chi connectivity index (χ2v) is 3.70. The second kappa shape index (κ2) is 5.30. The van der Waals surface area contributed by atoms with Crippen LogP contribution in [-0.4, -0.2) is 38.1 Å². The summed E-state index contributed by atoms with van der Waals surface area (Å²) in [5.74, 6) is 0.225. The Hall–Kier alpha value is -1.10. The first-order valence-corrected chi connectivity index (χ1v) is 5.33. The van der Waals surface area contributed by atoms with Crippen molar-refractivity contribution in [3.05, 3.63) is 29.8 Å². The van der Waals surface area contributed by atoms with E-state index in [9.17, 15) is 5.11 Å². The molecule has 2 rings (SSSR count). The Balaban J connectivity index is 2.18. The average Bonchev–Trinajstić information content (AvgIpc) is 2.34. The molecular formula is C12H16O4. The van der Waals surface area contributed by atoms with Crippen molar-refractivity contribution >= 4 is 0 Å². The van der Waals surface area contributed by atoms with Crippen molar-refractivity contribution in [3.63, 3.8) is 0 Å². The average molecular weight is 224 g/mol. The summed E-state index contributed by atoms with van der Waals surface area (Å²) in [5, 5.41) is 9.77. The fourth-order valence-electron chi connectivity index (χ4n) is 1.89. The summed E-state index contributed by atoms with van der Waals surface area (Å²) in [6.07, 6.45) is -0.450. The zero-order valence-electron chi connectivity index (χ0n) is 9.26. The van der Waals surface area contributed by atoms with Gasteiger partial charge in [0.25, 0.3) is 0 Å². The molecule has 0 amide bonds. The lowest BCUT2D eigenvalue weighted by Crippen LogP contribution is -2.34. The highest BCUT2D eigenvalue weighted by molar-refractivity contribution is 5.34. The van der Waals surface area contributed by atoms with Crippen LogP contribution in [0.4, 0.5) is 0 Å². The van der Waals surface area contributed by atoms with Crippen LogP contribution in [0.2, 0.25) is 0 Å². The zero-order valence-corrected chi connectivity index (χ0v) is 9.26. The molecule has 1 N–H and O–H groups in total. The molecule has 0 unspecified atom stereocenters. The Labute approximate surface area is 94.8 Å². The number of para-hydroxylation sites is 1. The van der Waals surface area contributed by atoms with Gasteiger partial charge in [-0.25, -0.2) is 0 Å². The van der Waals surface area contributed by atoms with E-state index in [-0.39, 0.29) is 18.0 Å². The molecule has 0 aliphatic carbocycles. The number of benzene rings is 1. The molecule has 2 atom stereocenters. The van der Waals surface area contributed by atoms with Gasteiger partial charge in [-0.2, -0.15) is 0 Å². The number of aromatic hydroxyl groups is 1. The molecule has 0 saturated carbocycles. The van der Waals surface area contributed by atoms with Gasteiger partial charge in [-0.15, -0.1) is 0 Å². The van der Waals surface area contributed by atoms with Crippen LogP contribution >= 0.6 is 0 Å². The van der Waals surface area contributed by atoms with Crippen molar-refractivity contribution in [1.82, 2.24) is 0 Å². The van der Waals surface area contributed by atoms with E-state index < -0.39 is 0 Å². The first-order chi connectivity index (χ1) is 7.83. The van der Waals surface area contributed by atoms with E-state index in [4.69, 9.17) is 14.2 Å². The number of methoxy groups -OCH3 is 1. The van der Waals surface area contributed by atoms with E-state index in [0.29, 0.717) is 19.8 Å². The summed E-state index contributed by atoms with van der Waals surface area (Å²) < 4.78 is 16.3. The van der Waals surface area contributed by atoms with E-state index in [0.717, 1.165) is 5.56 Å². The molecule has 1 heterocycles. The Morgan fingerprint density at radius 1 is 1.38 bits per heavy atom. The summed E-state index contributed by atoms with van der Waals surface area (Å²) >= 11 is 0. The molecule has 1 aromatic carbocycles. The number of phenolic OH excluding ortho intramolecular Hbond substituents is 1. The number of phenols is 1. The minimum Gasteiger partial charge on any atom is -0.508 e. The predicted molar refractivity (Wildman–Crippen MR) is 58.4 cm³/mol. The van der Waals surface area contributed by atoms with Gasteiger partial charge in [0.2, 0.25) is 0 Å². The second-order valence-electron chi connectivity index (χ2n) is 3.70. The monoisotopic (exact) mass is 224 g/mol. The Kier molecular flexibility index (Phi) is 3.77. The molecule has 1 aromatic rings. The minimum absolute atomic E-state index is 0.160. The van der Waals surface area contributed by atoms with E-state index in [1.165, 1.54) is 0 Å². The summed E-state index contributed by atoms with van der Waals surface area (Å²) in [4.78, 5) is 0. The number of ether oxygens (including phenoxy) is 3. The highest BCUT2D eigenvalue weighted by atomic mass is 16.6. The van der Waals surface area contributed by atoms with Crippen molar-refractivity contribution in [2.45, 2.75) is 12.2 Å². The van der Waals surface area contributed by atoms with Gasteiger partial charge in [0.15, 0.2) is 0 Å². The molecule has 1 fully saturated rings. The van der Waals surface area contributed by atoms with E-state index >= 15 is 0 Å². The van der Waals surface area contributed by atoms with Crippen molar-refractivity contribution in [2.75, 3.05) is 26.9 Å². The van der Waals surface area contributed by atoms with Crippen LogP contribution in [0.1, 0.15) is 11.7 Å². The molecule has 4 heteroatoms. The Morgan fingerprint density at radius 2 is 2.19 bits per heavy atom. The summed E-state index contributed by atoms with van der Waals surface area (Å²) in [6, 6.07) is 7.13. The molecule has 1 aliphatic heterocycles. The lowest BCUT2D eigenvalue weighted by atomic mass is 10.0. The van der Waals surface area contributed by atoms with E-state index in [2.05, 4.69) is 0 Å². The first kappa shape index (κ1) is 11.4. The molecule has 0 aromatic heterocycles. The summed E-state index contributed by atoms with van der Waals surface area (Å²) in [7, 11) is 1.61. The van der Waals surface area contributed by atoms with Crippen molar-refractivity contribution in [2.24, 2.45) is 0 Å². The zero-order chi connectivity index (χ0) is 11.4. The van der Waals surface area contributed by atoms with E-state index in [1.54, 1.807) is 19.2 Å². The van der Waals surface area contributed by atoms with E-state index in [1.807, 2.05) is 12.1 Å².